The summed E-state index contributed by atoms with van der Waals surface area (Å²) >= 11 is 0. The van der Waals surface area contributed by atoms with E-state index in [0.717, 1.165) is 19.6 Å². The molecule has 0 spiro atoms. The van der Waals surface area contributed by atoms with E-state index in [2.05, 4.69) is 24.1 Å². The average molecular weight is 1150 g/mol. The van der Waals surface area contributed by atoms with Gasteiger partial charge in [-0.1, -0.05) is 66.7 Å². The highest BCUT2D eigenvalue weighted by Gasteiger charge is 2.44. The number of anilines is 2. The van der Waals surface area contributed by atoms with Gasteiger partial charge in [-0.25, -0.2) is 4.98 Å². The van der Waals surface area contributed by atoms with Crippen molar-refractivity contribution in [2.75, 3.05) is 42.9 Å². The molecule has 81 heavy (non-hydrogen) atoms. The number of allylic oxidation sites excluding steroid dienone is 3. The van der Waals surface area contributed by atoms with Crippen LogP contribution in [0.5, 0.6) is 11.5 Å². The summed E-state index contributed by atoms with van der Waals surface area (Å²) in [4.78, 5) is 122. The molecule has 0 aliphatic carbocycles. The van der Waals surface area contributed by atoms with Crippen molar-refractivity contribution in [1.29, 1.82) is 0 Å². The van der Waals surface area contributed by atoms with Crippen LogP contribution in [0.2, 0.25) is 0 Å². The summed E-state index contributed by atoms with van der Waals surface area (Å²) in [5, 5.41) is 40.3. The van der Waals surface area contributed by atoms with Crippen LogP contribution >= 0.6 is 7.60 Å². The number of amides is 2. The zero-order valence-electron chi connectivity index (χ0n) is 47.2. The molecule has 10 atom stereocenters. The number of carbonyl (C=O) groups excluding carboxylic acids is 5. The van der Waals surface area contributed by atoms with Gasteiger partial charge in [-0.2, -0.15) is 0 Å². The number of aliphatic hydroxyl groups excluding tert-OH is 2. The van der Waals surface area contributed by atoms with Crippen molar-refractivity contribution >= 4 is 87.7 Å². The number of benzene rings is 3. The van der Waals surface area contributed by atoms with Crippen molar-refractivity contribution in [1.82, 2.24) is 15.2 Å². The number of piperazine rings is 1. The summed E-state index contributed by atoms with van der Waals surface area (Å²) in [6.45, 7) is 21.9. The van der Waals surface area contributed by atoms with E-state index >= 15 is 4.79 Å². The van der Waals surface area contributed by atoms with Crippen LogP contribution in [0.15, 0.2) is 62.3 Å². The molecule has 438 valence electrons. The molecule has 3 aromatic carbocycles. The summed E-state index contributed by atoms with van der Waals surface area (Å²) in [6.07, 6.45) is 2.41. The van der Waals surface area contributed by atoms with E-state index in [1.54, 1.807) is 52.8 Å². The lowest BCUT2D eigenvalue weighted by Crippen LogP contribution is -2.47. The van der Waals surface area contributed by atoms with Crippen LogP contribution in [-0.2, 0) is 42.7 Å². The Bertz CT molecular complexity index is 3470. The predicted octanol–water partition coefficient (Wildman–Crippen LogP) is 5.11. The van der Waals surface area contributed by atoms with Gasteiger partial charge in [0.1, 0.15) is 34.9 Å². The number of aldehydes is 1. The first-order chi connectivity index (χ1) is 38.0. The molecule has 0 radical (unpaired) electrons. The van der Waals surface area contributed by atoms with Crippen molar-refractivity contribution in [2.45, 2.75) is 119 Å². The molecular weight excluding hydrogens is 1070 g/mol. The van der Waals surface area contributed by atoms with E-state index in [1.807, 2.05) is 10.2 Å². The van der Waals surface area contributed by atoms with Crippen LogP contribution in [-0.4, -0.2) is 128 Å². The number of fused-ring (bicyclic) bond motifs is 14. The fourth-order valence-corrected chi connectivity index (χ4v) is 11.2. The molecule has 8 rings (SSSR count). The zero-order valence-corrected chi connectivity index (χ0v) is 48.1. The minimum absolute atomic E-state index is 0.0160. The van der Waals surface area contributed by atoms with Crippen LogP contribution in [0.3, 0.4) is 0 Å². The minimum Gasteiger partial charge on any atom is -0.507 e. The molecule has 23 nitrogen and oxygen atoms in total. The lowest BCUT2D eigenvalue weighted by Gasteiger charge is -2.38. The number of aromatic nitrogens is 1. The summed E-state index contributed by atoms with van der Waals surface area (Å²) < 4.78 is 42.5. The van der Waals surface area contributed by atoms with Crippen LogP contribution in [0, 0.1) is 42.4 Å². The lowest BCUT2D eigenvalue weighted by atomic mass is 9.77. The summed E-state index contributed by atoms with van der Waals surface area (Å²) in [7, 11) is -5.05. The summed E-state index contributed by atoms with van der Waals surface area (Å²) in [5.41, 5.74) is -1.99. The van der Waals surface area contributed by atoms with Gasteiger partial charge in [0.2, 0.25) is 16.8 Å². The SMILES string of the molecule is CC(=O)O[C@H]1[C@H](C)[C@H](O)[C@H](C)[C@@H](OC(=O)CCC(=O)NC(C=O)P(=O)(O)O)[C@@H](C)/C=C/C=C(/C)C(=O)Nc2c(=O)c3c(O)c(C)c4c(c3c3nc5c(=O)cc(N6CCN(CC(C)C)CC6)cc5oc23)=C(O)[C@@](C)(O/C=C/[C@H](C)[C@H]1C)O4. The van der Waals surface area contributed by atoms with Gasteiger partial charge in [0.25, 0.3) is 5.91 Å². The van der Waals surface area contributed by atoms with E-state index in [-0.39, 0.29) is 56.0 Å². The number of phenolic OH excluding ortho intramolecular Hbond substituents is 1. The highest BCUT2D eigenvalue weighted by atomic mass is 31.2. The van der Waals surface area contributed by atoms with Gasteiger partial charge < -0.3 is 68.8 Å². The maximum Gasteiger partial charge on any atom is 0.355 e. The molecule has 7 N–H and O–H groups in total. The molecule has 4 aliphatic heterocycles. The van der Waals surface area contributed by atoms with Gasteiger partial charge in [-0.05, 0) is 37.7 Å². The second-order valence-electron chi connectivity index (χ2n) is 22.1. The number of aliphatic hydroxyl groups is 2. The molecule has 4 aromatic rings. The number of phenols is 1. The maximum atomic E-state index is 15.1. The Labute approximate surface area is 466 Å². The summed E-state index contributed by atoms with van der Waals surface area (Å²) in [6, 6.07) is 3.08. The van der Waals surface area contributed by atoms with Crippen LogP contribution in [0.25, 0.3) is 38.7 Å². The van der Waals surface area contributed by atoms with E-state index in [1.165, 1.54) is 52.2 Å². The van der Waals surface area contributed by atoms with Gasteiger partial charge >= 0.3 is 25.3 Å². The first kappa shape index (κ1) is 61.4. The predicted molar refractivity (Wildman–Crippen MR) is 300 cm³/mol. The van der Waals surface area contributed by atoms with Gasteiger partial charge in [-0.15, -0.1) is 0 Å². The van der Waals surface area contributed by atoms with Gasteiger partial charge in [0.15, 0.2) is 34.5 Å². The monoisotopic (exact) mass is 1150 g/mol. The maximum absolute atomic E-state index is 15.1. The Balaban J connectivity index is 1.37. The molecule has 5 heterocycles. The second-order valence-corrected chi connectivity index (χ2v) is 23.8. The standard InChI is InChI=1S/C57H72N5O18P/c1-27(2)25-61-18-20-62(21-19-61)36-23-37(65)45-38(24-36)78-54-46(59-45)42-43-49(69)34(9)53-44(42)55(71)57(11,80-53)76-22-17-28(3)31(6)52(77-35(10)64)33(8)48(68)32(7)51(29(4)13-12-14-30(5)56(72)60-47(54)50(43)70)79-41(67)16-15-39(66)58-40(26-63)81(73,74)75/h12-14,17,22-24,26-29,31-33,40,48,51-52,68-69,71H,15-16,18-21,25H2,1-11H3,(H,58,66)(H,60,72)(H2,73,74,75)/b13-12+,22-17+,30-14-/t28-,29-,31+,32-,33+,40?,48+,51-,52+,57-/m0/s1. The number of hydrogen-bond donors (Lipinski definition) is 7. The fourth-order valence-electron chi connectivity index (χ4n) is 10.7. The lowest BCUT2D eigenvalue weighted by molar-refractivity contribution is -0.164. The normalized spacial score (nSPS) is 27.0. The number of nitrogens with zero attached hydrogens (tertiary/aromatic N) is 3. The third-order valence-electron chi connectivity index (χ3n) is 15.5. The topological polar surface area (TPSA) is 331 Å². The van der Waals surface area contributed by atoms with Crippen LogP contribution < -0.4 is 36.3 Å². The smallest absolute Gasteiger partial charge is 0.355 e. The average Bonchev–Trinajstić information content (AvgIpc) is 2.52. The third-order valence-corrected chi connectivity index (χ3v) is 16.5. The van der Waals surface area contributed by atoms with E-state index in [0.29, 0.717) is 24.7 Å². The molecule has 2 amide bonds. The Morgan fingerprint density at radius 3 is 2.22 bits per heavy atom. The Kier molecular flexibility index (Phi) is 18.6. The number of nitrogens with one attached hydrogen (secondary N) is 2. The first-order valence-electron chi connectivity index (χ1n) is 26.9. The van der Waals surface area contributed by atoms with Crippen molar-refractivity contribution in [3.8, 4) is 11.5 Å². The minimum atomic E-state index is -5.05. The van der Waals surface area contributed by atoms with Gasteiger partial charge in [0.05, 0.1) is 29.4 Å². The van der Waals surface area contributed by atoms with Crippen LogP contribution in [0.4, 0.5) is 11.4 Å². The van der Waals surface area contributed by atoms with E-state index < -0.39 is 137 Å². The quantitative estimate of drug-likeness (QED) is 0.0337. The van der Waals surface area contributed by atoms with Crippen molar-refractivity contribution in [2.24, 2.45) is 35.5 Å². The second kappa shape index (κ2) is 24.5. The Morgan fingerprint density at radius 1 is 0.926 bits per heavy atom. The highest BCUT2D eigenvalue weighted by Crippen LogP contribution is 2.43. The Hall–Kier alpha value is -7.17. The molecule has 1 fully saturated rings. The van der Waals surface area contributed by atoms with Crippen molar-refractivity contribution in [3.05, 3.63) is 79.5 Å². The number of esters is 2. The van der Waals surface area contributed by atoms with E-state index in [9.17, 15) is 58.4 Å². The highest BCUT2D eigenvalue weighted by molar-refractivity contribution is 7.53. The molecule has 1 aromatic heterocycles. The molecule has 0 saturated carbocycles. The van der Waals surface area contributed by atoms with E-state index in [4.69, 9.17) is 28.3 Å². The van der Waals surface area contributed by atoms with Gasteiger partial charge in [0, 0.05) is 105 Å². The Morgan fingerprint density at radius 2 is 1.59 bits per heavy atom. The van der Waals surface area contributed by atoms with Crippen molar-refractivity contribution < 1.29 is 77.0 Å². The number of hydrogen-bond acceptors (Lipinski definition) is 19. The fraction of sp³-hybridized carbons (Fsp3) is 0.509. The summed E-state index contributed by atoms with van der Waals surface area (Å²) in [5.74, 6) is -12.0. The van der Waals surface area contributed by atoms with Crippen LogP contribution in [0.1, 0.15) is 87.6 Å². The molecule has 1 saturated heterocycles. The third kappa shape index (κ3) is 13.0. The van der Waals surface area contributed by atoms with Crippen molar-refractivity contribution in [3.63, 3.8) is 0 Å². The molecule has 24 heteroatoms. The number of aromatic hydroxyl groups is 1. The first-order valence-corrected chi connectivity index (χ1v) is 28.5. The number of ether oxygens (including phenoxy) is 4. The molecule has 1 unspecified atom stereocenters. The molecule has 5 bridgehead atoms. The molecule has 4 aliphatic rings. The largest absolute Gasteiger partial charge is 0.507 e. The zero-order chi connectivity index (χ0) is 59.7. The van der Waals surface area contributed by atoms with Gasteiger partial charge in [-0.3, -0.25) is 38.2 Å². The molecular formula is C57H72N5O18P. The number of carbonyl (C=O) groups is 5. The number of rotatable bonds is 11.